The van der Waals surface area contributed by atoms with Crippen LogP contribution in [0.1, 0.15) is 43.9 Å². The van der Waals surface area contributed by atoms with E-state index in [-0.39, 0.29) is 24.4 Å². The highest BCUT2D eigenvalue weighted by molar-refractivity contribution is 6.10. The molecule has 0 saturated heterocycles. The van der Waals surface area contributed by atoms with Gasteiger partial charge in [0.2, 0.25) is 0 Å². The van der Waals surface area contributed by atoms with Crippen LogP contribution in [0.5, 0.6) is 0 Å². The maximum absolute atomic E-state index is 14.4. The van der Waals surface area contributed by atoms with Crippen LogP contribution in [0.3, 0.4) is 0 Å². The first kappa shape index (κ1) is 26.2. The molecule has 0 unspecified atom stereocenters. The Labute approximate surface area is 222 Å². The van der Waals surface area contributed by atoms with Gasteiger partial charge < -0.3 is 15.0 Å². The van der Waals surface area contributed by atoms with Crippen LogP contribution < -0.4 is 10.2 Å². The largest absolute Gasteiger partial charge is 0.444 e. The van der Waals surface area contributed by atoms with E-state index in [1.807, 2.05) is 60.7 Å². The summed E-state index contributed by atoms with van der Waals surface area (Å²) >= 11 is 0. The average Bonchev–Trinajstić information content (AvgIpc) is 3.11. The molecular formula is C31H28N4O3. The van der Waals surface area contributed by atoms with Gasteiger partial charge in [-0.2, -0.15) is 10.5 Å². The minimum Gasteiger partial charge on any atom is -0.444 e. The van der Waals surface area contributed by atoms with Crippen molar-refractivity contribution in [2.24, 2.45) is 0 Å². The van der Waals surface area contributed by atoms with Gasteiger partial charge in [-0.05, 0) is 43.5 Å². The van der Waals surface area contributed by atoms with E-state index >= 15 is 0 Å². The molecule has 0 aromatic heterocycles. The lowest BCUT2D eigenvalue weighted by molar-refractivity contribution is -0.124. The number of fused-ring (bicyclic) bond motifs is 1. The minimum absolute atomic E-state index is 0.117. The summed E-state index contributed by atoms with van der Waals surface area (Å²) < 4.78 is 5.58. The summed E-state index contributed by atoms with van der Waals surface area (Å²) in [5.74, 6) is -0.378. The number of rotatable bonds is 6. The van der Waals surface area contributed by atoms with Crippen molar-refractivity contribution in [2.45, 2.75) is 44.9 Å². The van der Waals surface area contributed by atoms with Crippen LogP contribution in [0.4, 0.5) is 10.5 Å². The molecule has 1 N–H and O–H groups in total. The number of nitriles is 2. The Kier molecular flexibility index (Phi) is 7.32. The molecule has 3 aromatic carbocycles. The molecule has 1 aliphatic rings. The standard InChI is InChI=1S/C31H28N4O3/c1-30(2,3)38-29(37)34-31(18-25(24(19-32)20-33)23-14-8-5-9-15-23)26-16-10-11-17-27(26)35(28(31)36)21-22-12-6-4-7-13-22/h4-17H,18,21H2,1-3H3,(H,34,37)/t31-/m1/s1. The van der Waals surface area contributed by atoms with Crippen molar-refractivity contribution in [3.05, 3.63) is 107 Å². The van der Waals surface area contributed by atoms with Crippen LogP contribution in [-0.2, 0) is 21.6 Å². The Morgan fingerprint density at radius 1 is 0.921 bits per heavy atom. The third kappa shape index (κ3) is 5.28. The molecular weight excluding hydrogens is 476 g/mol. The van der Waals surface area contributed by atoms with Crippen molar-refractivity contribution in [1.29, 1.82) is 10.5 Å². The van der Waals surface area contributed by atoms with Crippen LogP contribution in [0, 0.1) is 22.7 Å². The lowest BCUT2D eigenvalue weighted by Crippen LogP contribution is -2.54. The number of hydrogen-bond acceptors (Lipinski definition) is 5. The molecule has 1 heterocycles. The van der Waals surface area contributed by atoms with Crippen molar-refractivity contribution in [3.8, 4) is 12.1 Å². The number of benzene rings is 3. The van der Waals surface area contributed by atoms with E-state index in [9.17, 15) is 20.1 Å². The molecule has 7 heteroatoms. The molecule has 1 aliphatic heterocycles. The van der Waals surface area contributed by atoms with Crippen molar-refractivity contribution in [3.63, 3.8) is 0 Å². The first-order valence-corrected chi connectivity index (χ1v) is 12.2. The number of amides is 2. The fourth-order valence-corrected chi connectivity index (χ4v) is 4.66. The highest BCUT2D eigenvalue weighted by Gasteiger charge is 2.53. The molecule has 0 saturated carbocycles. The Balaban J connectivity index is 1.90. The van der Waals surface area contributed by atoms with Crippen LogP contribution >= 0.6 is 0 Å². The van der Waals surface area contributed by atoms with E-state index in [2.05, 4.69) is 5.32 Å². The highest BCUT2D eigenvalue weighted by Crippen LogP contribution is 2.46. The summed E-state index contributed by atoms with van der Waals surface area (Å²) in [6.45, 7) is 5.50. The molecule has 190 valence electrons. The molecule has 4 rings (SSSR count). The summed E-state index contributed by atoms with van der Waals surface area (Å²) in [5, 5.41) is 22.5. The Hall–Kier alpha value is -4.88. The van der Waals surface area contributed by atoms with Gasteiger partial charge in [0.1, 0.15) is 23.3 Å². The lowest BCUT2D eigenvalue weighted by Gasteiger charge is -2.32. The normalized spacial score (nSPS) is 16.1. The van der Waals surface area contributed by atoms with E-state index in [0.717, 1.165) is 5.56 Å². The van der Waals surface area contributed by atoms with Gasteiger partial charge in [-0.3, -0.25) is 4.79 Å². The molecule has 38 heavy (non-hydrogen) atoms. The van der Waals surface area contributed by atoms with Gasteiger partial charge in [-0.25, -0.2) is 4.79 Å². The van der Waals surface area contributed by atoms with Crippen molar-refractivity contribution >= 4 is 23.3 Å². The minimum atomic E-state index is -1.61. The van der Waals surface area contributed by atoms with Crippen molar-refractivity contribution in [2.75, 3.05) is 4.90 Å². The van der Waals surface area contributed by atoms with Crippen LogP contribution in [0.15, 0.2) is 90.5 Å². The average molecular weight is 505 g/mol. The van der Waals surface area contributed by atoms with E-state index in [4.69, 9.17) is 4.74 Å². The highest BCUT2D eigenvalue weighted by atomic mass is 16.6. The summed E-state index contributed by atoms with van der Waals surface area (Å²) in [4.78, 5) is 29.3. The van der Waals surface area contributed by atoms with Crippen LogP contribution in [0.2, 0.25) is 0 Å². The van der Waals surface area contributed by atoms with Gasteiger partial charge in [0.15, 0.2) is 5.54 Å². The second-order valence-corrected chi connectivity index (χ2v) is 10.0. The third-order valence-corrected chi connectivity index (χ3v) is 6.25. The molecule has 0 bridgehead atoms. The lowest BCUT2D eigenvalue weighted by atomic mass is 9.81. The number of nitrogens with zero attached hydrogens (tertiary/aromatic N) is 3. The molecule has 0 spiro atoms. The number of carbonyl (C=O) groups excluding carboxylic acids is 2. The number of allylic oxidation sites excluding steroid dienone is 1. The van der Waals surface area contributed by atoms with Crippen LogP contribution in [0.25, 0.3) is 5.57 Å². The third-order valence-electron chi connectivity index (χ3n) is 6.25. The fourth-order valence-electron chi connectivity index (χ4n) is 4.66. The van der Waals surface area contributed by atoms with Gasteiger partial charge in [0.25, 0.3) is 5.91 Å². The number of carbonyl (C=O) groups is 2. The van der Waals surface area contributed by atoms with E-state index in [0.29, 0.717) is 22.4 Å². The number of nitrogens with one attached hydrogen (secondary N) is 1. The van der Waals surface area contributed by atoms with Gasteiger partial charge in [0.05, 0.1) is 12.2 Å². The maximum Gasteiger partial charge on any atom is 0.408 e. The molecule has 7 nitrogen and oxygen atoms in total. The molecule has 2 amide bonds. The Morgan fingerprint density at radius 3 is 2.11 bits per heavy atom. The van der Waals surface area contributed by atoms with Crippen molar-refractivity contribution in [1.82, 2.24) is 5.32 Å². The first-order valence-electron chi connectivity index (χ1n) is 12.2. The molecule has 0 radical (unpaired) electrons. The molecule has 0 fully saturated rings. The number of alkyl carbamates (subject to hydrolysis) is 1. The predicted octanol–water partition coefficient (Wildman–Crippen LogP) is 5.84. The zero-order valence-electron chi connectivity index (χ0n) is 21.6. The van der Waals surface area contributed by atoms with Gasteiger partial charge >= 0.3 is 6.09 Å². The summed E-state index contributed by atoms with van der Waals surface area (Å²) in [6.07, 6.45) is -0.890. The predicted molar refractivity (Wildman–Crippen MR) is 144 cm³/mol. The van der Waals surface area contributed by atoms with E-state index in [1.165, 1.54) is 0 Å². The summed E-state index contributed by atoms with van der Waals surface area (Å²) in [5.41, 5.74) is 0.539. The van der Waals surface area contributed by atoms with Crippen molar-refractivity contribution < 1.29 is 14.3 Å². The quantitative estimate of drug-likeness (QED) is 0.424. The van der Waals surface area contributed by atoms with E-state index in [1.54, 1.807) is 62.1 Å². The topological polar surface area (TPSA) is 106 Å². The molecule has 1 atom stereocenters. The Morgan fingerprint density at radius 2 is 1.50 bits per heavy atom. The molecule has 3 aromatic rings. The van der Waals surface area contributed by atoms with Gasteiger partial charge in [-0.15, -0.1) is 0 Å². The maximum atomic E-state index is 14.4. The molecule has 0 aliphatic carbocycles. The summed E-state index contributed by atoms with van der Waals surface area (Å²) in [7, 11) is 0. The first-order chi connectivity index (χ1) is 18.2. The monoisotopic (exact) mass is 504 g/mol. The summed E-state index contributed by atoms with van der Waals surface area (Å²) in [6, 6.07) is 29.7. The second-order valence-electron chi connectivity index (χ2n) is 10.0. The van der Waals surface area contributed by atoms with Crippen LogP contribution in [-0.4, -0.2) is 17.6 Å². The second kappa shape index (κ2) is 10.6. The fraction of sp³-hybridized carbons (Fsp3) is 0.226. The zero-order valence-corrected chi connectivity index (χ0v) is 21.6. The number of ether oxygens (including phenoxy) is 1. The van der Waals surface area contributed by atoms with Gasteiger partial charge in [-0.1, -0.05) is 78.9 Å². The number of para-hydroxylation sites is 1. The Bertz CT molecular complexity index is 1440. The zero-order chi connectivity index (χ0) is 27.3. The van der Waals surface area contributed by atoms with Gasteiger partial charge in [0, 0.05) is 12.0 Å². The number of hydrogen-bond donors (Lipinski definition) is 1. The smallest absolute Gasteiger partial charge is 0.408 e. The van der Waals surface area contributed by atoms with E-state index < -0.39 is 17.2 Å². The SMILES string of the molecule is CC(C)(C)OC(=O)N[C@@]1(CC(=C(C#N)C#N)c2ccccc2)C(=O)N(Cc2ccccc2)c2ccccc21. The number of anilines is 1.